The van der Waals surface area contributed by atoms with E-state index in [4.69, 9.17) is 16.3 Å². The lowest BCUT2D eigenvalue weighted by Gasteiger charge is -2.18. The summed E-state index contributed by atoms with van der Waals surface area (Å²) < 4.78 is 31.3. The number of sulfone groups is 1. The van der Waals surface area contributed by atoms with Crippen molar-refractivity contribution >= 4 is 38.4 Å². The second-order valence-electron chi connectivity index (χ2n) is 7.12. The van der Waals surface area contributed by atoms with Gasteiger partial charge in [0, 0.05) is 13.1 Å². The van der Waals surface area contributed by atoms with E-state index in [1.54, 1.807) is 0 Å². The zero-order valence-electron chi connectivity index (χ0n) is 14.4. The molecule has 1 N–H and O–H groups in total. The summed E-state index contributed by atoms with van der Waals surface area (Å²) in [7, 11) is -1.83. The Balaban J connectivity index is 1.75. The number of carboxylic acids is 1. The number of aromatic nitrogens is 2. The Labute approximate surface area is 159 Å². The molecule has 0 aromatic carbocycles. The van der Waals surface area contributed by atoms with E-state index in [-0.39, 0.29) is 33.8 Å². The van der Waals surface area contributed by atoms with Crippen molar-refractivity contribution < 1.29 is 23.1 Å². The van der Waals surface area contributed by atoms with Gasteiger partial charge in [0.2, 0.25) is 0 Å². The average molecular weight is 413 g/mol. The summed E-state index contributed by atoms with van der Waals surface area (Å²) in [6, 6.07) is 2.55. The van der Waals surface area contributed by atoms with Crippen molar-refractivity contribution in [3.63, 3.8) is 0 Å². The van der Waals surface area contributed by atoms with Gasteiger partial charge in [-0.25, -0.2) is 18.2 Å². The monoisotopic (exact) mass is 412 g/mol. The molecule has 2 saturated carbocycles. The lowest BCUT2D eigenvalue weighted by molar-refractivity contribution is 0.0694. The van der Waals surface area contributed by atoms with Gasteiger partial charge in [-0.05, 0) is 31.7 Å². The molecule has 0 amide bonds. The normalized spacial score (nSPS) is 18.4. The molecule has 8 nitrogen and oxygen atoms in total. The Hall–Kier alpha value is -2.13. The number of carbonyl (C=O) groups is 1. The lowest BCUT2D eigenvalue weighted by Crippen LogP contribution is -2.33. The topological polar surface area (TPSA) is 116 Å². The molecule has 4 rings (SSSR count). The summed E-state index contributed by atoms with van der Waals surface area (Å²) in [5.74, 6) is -1.16. The van der Waals surface area contributed by atoms with Crippen LogP contribution in [0.2, 0.25) is 5.15 Å². The highest BCUT2D eigenvalue weighted by atomic mass is 35.5. The minimum absolute atomic E-state index is 0.0316. The average Bonchev–Trinajstić information content (AvgIpc) is 3.47. The lowest BCUT2D eigenvalue weighted by atomic mass is 10.2. The Morgan fingerprint density at radius 1 is 1.41 bits per heavy atom. The van der Waals surface area contributed by atoms with Crippen molar-refractivity contribution in [2.24, 2.45) is 7.05 Å². The zero-order valence-corrected chi connectivity index (χ0v) is 16.0. The number of ether oxygens (including phenoxy) is 1. The summed E-state index contributed by atoms with van der Waals surface area (Å²) in [6.45, 7) is -0.0316. The van der Waals surface area contributed by atoms with Gasteiger partial charge in [-0.15, -0.1) is 0 Å². The smallest absolute Gasteiger partial charge is 0.341 e. The van der Waals surface area contributed by atoms with E-state index in [9.17, 15) is 23.1 Å². The van der Waals surface area contributed by atoms with Gasteiger partial charge in [0.15, 0.2) is 9.84 Å². The van der Waals surface area contributed by atoms with E-state index in [1.165, 1.54) is 13.1 Å². The minimum Gasteiger partial charge on any atom is -0.490 e. The summed E-state index contributed by atoms with van der Waals surface area (Å²) in [5, 5.41) is 8.97. The van der Waals surface area contributed by atoms with Crippen LogP contribution in [-0.4, -0.2) is 45.6 Å². The molecular weight excluding hydrogens is 396 g/mol. The molecule has 0 aliphatic heterocycles. The van der Waals surface area contributed by atoms with Crippen LogP contribution in [0.3, 0.4) is 0 Å². The van der Waals surface area contributed by atoms with E-state index in [1.807, 2.05) is 0 Å². The highest BCUT2D eigenvalue weighted by Crippen LogP contribution is 2.50. The maximum Gasteiger partial charge on any atom is 0.341 e. The minimum atomic E-state index is -3.24. The van der Waals surface area contributed by atoms with Gasteiger partial charge in [-0.1, -0.05) is 11.6 Å². The zero-order chi connectivity index (χ0) is 19.6. The molecule has 2 aromatic heterocycles. The Morgan fingerprint density at radius 3 is 2.63 bits per heavy atom. The molecule has 2 aliphatic carbocycles. The number of pyridine rings is 2. The van der Waals surface area contributed by atoms with Crippen molar-refractivity contribution in [3.05, 3.63) is 33.2 Å². The Morgan fingerprint density at radius 2 is 2.07 bits per heavy atom. The van der Waals surface area contributed by atoms with Crippen LogP contribution in [0, 0.1) is 0 Å². The van der Waals surface area contributed by atoms with Gasteiger partial charge < -0.3 is 14.4 Å². The molecule has 0 atom stereocenters. The molecule has 0 saturated heterocycles. The summed E-state index contributed by atoms with van der Waals surface area (Å²) in [5.41, 5.74) is -0.683. The predicted molar refractivity (Wildman–Crippen MR) is 98.4 cm³/mol. The fourth-order valence-electron chi connectivity index (χ4n) is 3.28. The van der Waals surface area contributed by atoms with E-state index in [0.717, 1.165) is 10.6 Å². The third-order valence-corrected chi connectivity index (χ3v) is 8.48. The molecule has 0 unspecified atom stereocenters. The van der Waals surface area contributed by atoms with Crippen LogP contribution in [0.25, 0.3) is 11.0 Å². The van der Waals surface area contributed by atoms with Crippen LogP contribution in [0.5, 0.6) is 5.75 Å². The van der Waals surface area contributed by atoms with Gasteiger partial charge in [-0.2, -0.15) is 0 Å². The number of carboxylic acid groups (broad SMARTS) is 1. The highest BCUT2D eigenvalue weighted by Gasteiger charge is 2.60. The molecule has 0 spiro atoms. The van der Waals surface area contributed by atoms with Crippen molar-refractivity contribution in [1.82, 2.24) is 9.55 Å². The van der Waals surface area contributed by atoms with Gasteiger partial charge >= 0.3 is 5.97 Å². The third-order valence-electron chi connectivity index (χ3n) is 5.20. The molecule has 27 heavy (non-hydrogen) atoms. The summed E-state index contributed by atoms with van der Waals surface area (Å²) in [4.78, 5) is 27.6. The number of hydrogen-bond acceptors (Lipinski definition) is 6. The van der Waals surface area contributed by atoms with Crippen LogP contribution in [0.1, 0.15) is 36.0 Å². The first-order chi connectivity index (χ1) is 12.7. The predicted octanol–water partition coefficient (Wildman–Crippen LogP) is 1.77. The van der Waals surface area contributed by atoms with Crippen LogP contribution < -0.4 is 10.3 Å². The van der Waals surface area contributed by atoms with E-state index >= 15 is 0 Å². The molecule has 144 valence electrons. The van der Waals surface area contributed by atoms with Crippen LogP contribution >= 0.6 is 11.6 Å². The quantitative estimate of drug-likeness (QED) is 0.719. The van der Waals surface area contributed by atoms with Gasteiger partial charge in [-0.3, -0.25) is 4.79 Å². The highest BCUT2D eigenvalue weighted by molar-refractivity contribution is 7.94. The number of nitrogens with zero attached hydrogens (tertiary/aromatic N) is 2. The Bertz CT molecular complexity index is 1130. The van der Waals surface area contributed by atoms with Crippen LogP contribution in [0.4, 0.5) is 0 Å². The number of halogens is 1. The number of rotatable bonds is 6. The molecule has 0 bridgehead atoms. The molecule has 10 heteroatoms. The SMILES string of the molecule is Cn1c(=O)c(C(=O)O)cc2nc(Cl)cc(OCC3(S(=O)(=O)C4CC4)CC3)c21. The van der Waals surface area contributed by atoms with E-state index in [2.05, 4.69) is 4.98 Å². The Kier molecular flexibility index (Phi) is 4.01. The maximum absolute atomic E-state index is 12.6. The standard InChI is InChI=1S/C17H17ClN2O6S/c1-20-14-11(6-10(15(20)21)16(22)23)19-13(18)7-12(14)26-8-17(4-5-17)27(24,25)9-2-3-9/h6-7,9H,2-5,8H2,1H3,(H,22,23). The van der Waals surface area contributed by atoms with E-state index < -0.39 is 31.7 Å². The molecule has 2 aliphatic rings. The second kappa shape index (κ2) is 5.93. The number of fused-ring (bicyclic) bond motifs is 1. The van der Waals surface area contributed by atoms with Gasteiger partial charge in [0.05, 0.1) is 10.8 Å². The van der Waals surface area contributed by atoms with Crippen molar-refractivity contribution in [2.75, 3.05) is 6.61 Å². The summed E-state index contributed by atoms with van der Waals surface area (Å²) >= 11 is 6.02. The summed E-state index contributed by atoms with van der Waals surface area (Å²) in [6.07, 6.45) is 2.48. The second-order valence-corrected chi connectivity index (χ2v) is 10.1. The van der Waals surface area contributed by atoms with Crippen molar-refractivity contribution in [2.45, 2.75) is 35.7 Å². The third kappa shape index (κ3) is 2.89. The first-order valence-corrected chi connectivity index (χ1v) is 10.4. The molecular formula is C17H17ClN2O6S. The van der Waals surface area contributed by atoms with Crippen LogP contribution in [-0.2, 0) is 16.9 Å². The fraction of sp³-hybridized carbons (Fsp3) is 0.471. The molecule has 0 radical (unpaired) electrons. The van der Waals surface area contributed by atoms with Crippen molar-refractivity contribution in [1.29, 1.82) is 0 Å². The maximum atomic E-state index is 12.6. The number of hydrogen-bond donors (Lipinski definition) is 1. The van der Waals surface area contributed by atoms with E-state index in [0.29, 0.717) is 25.7 Å². The van der Waals surface area contributed by atoms with Crippen LogP contribution in [0.15, 0.2) is 16.9 Å². The van der Waals surface area contributed by atoms with Gasteiger partial charge in [0.25, 0.3) is 5.56 Å². The number of aromatic carboxylic acids is 1. The largest absolute Gasteiger partial charge is 0.490 e. The molecule has 2 heterocycles. The first kappa shape index (κ1) is 18.2. The molecule has 2 aromatic rings. The van der Waals surface area contributed by atoms with Gasteiger partial charge in [0.1, 0.15) is 33.3 Å². The number of aryl methyl sites for hydroxylation is 1. The molecule has 2 fully saturated rings. The fourth-order valence-corrected chi connectivity index (χ4v) is 5.82. The van der Waals surface area contributed by atoms with Crippen molar-refractivity contribution in [3.8, 4) is 5.75 Å². The first-order valence-electron chi connectivity index (χ1n) is 8.46.